The zero-order chi connectivity index (χ0) is 24.1. The van der Waals surface area contributed by atoms with Gasteiger partial charge in [0.1, 0.15) is 5.52 Å². The molecule has 1 spiro atoms. The third kappa shape index (κ3) is 3.95. The lowest BCUT2D eigenvalue weighted by atomic mass is 9.92. The van der Waals surface area contributed by atoms with E-state index in [0.29, 0.717) is 22.8 Å². The molecule has 7 nitrogen and oxygen atoms in total. The van der Waals surface area contributed by atoms with Crippen LogP contribution in [-0.2, 0) is 24.7 Å². The lowest BCUT2D eigenvalue weighted by molar-refractivity contribution is 0.395. The number of H-pyrrole nitrogens is 1. The number of hydrogen-bond donors (Lipinski definition) is 2. The third-order valence-electron chi connectivity index (χ3n) is 6.67. The second kappa shape index (κ2) is 7.93. The summed E-state index contributed by atoms with van der Waals surface area (Å²) < 4.78 is 48.6. The van der Waals surface area contributed by atoms with Crippen molar-refractivity contribution in [1.82, 2.24) is 14.3 Å². The number of fused-ring (bicyclic) bond motifs is 1. The number of aromatic amines is 1. The second-order valence-electron chi connectivity index (χ2n) is 8.74. The summed E-state index contributed by atoms with van der Waals surface area (Å²) in [5, 5.41) is 0.667. The van der Waals surface area contributed by atoms with E-state index in [1.807, 2.05) is 18.2 Å². The van der Waals surface area contributed by atoms with Gasteiger partial charge < -0.3 is 19.0 Å². The monoisotopic (exact) mass is 442 g/mol. The van der Waals surface area contributed by atoms with E-state index in [9.17, 15) is 13.6 Å². The van der Waals surface area contributed by atoms with Crippen molar-refractivity contribution < 1.29 is 12.9 Å². The van der Waals surface area contributed by atoms with Crippen molar-refractivity contribution in [3.05, 3.63) is 52.6 Å². The number of anilines is 1. The molecule has 1 saturated heterocycles. The van der Waals surface area contributed by atoms with Crippen LogP contribution < -0.4 is 15.2 Å². The molecule has 2 N–H and O–H groups in total. The normalized spacial score (nSPS) is 20.4. The van der Waals surface area contributed by atoms with Crippen molar-refractivity contribution in [2.45, 2.75) is 32.1 Å². The number of aromatic nitrogens is 2. The highest BCUT2D eigenvalue weighted by Gasteiger charge is 2.45. The Morgan fingerprint density at radius 2 is 2.16 bits per heavy atom. The largest absolute Gasteiger partial charge is 0.760 e. The minimum atomic E-state index is -2.62. The molecule has 164 valence electrons. The maximum atomic E-state index is 12.9. The molecular weight excluding hydrogens is 412 g/mol. The Bertz CT molecular complexity index is 1310. The Morgan fingerprint density at radius 1 is 1.29 bits per heavy atom. The number of nitrogens with one attached hydrogen (secondary N) is 2. The third-order valence-corrected chi connectivity index (χ3v) is 7.11. The summed E-state index contributed by atoms with van der Waals surface area (Å²) in [6, 6.07) is 7.84. The van der Waals surface area contributed by atoms with E-state index in [-0.39, 0.29) is 12.1 Å². The number of hydrogen-bond acceptors (Lipinski definition) is 4. The molecule has 0 bridgehead atoms. The number of piperidine rings is 1. The van der Waals surface area contributed by atoms with Gasteiger partial charge in [-0.2, -0.15) is 0 Å². The number of rotatable bonds is 6. The van der Waals surface area contributed by atoms with E-state index in [2.05, 4.69) is 14.6 Å². The predicted octanol–water partition coefficient (Wildman–Crippen LogP) is 2.84. The molecule has 2 aromatic heterocycles. The fraction of sp³-hybridized carbons (Fsp3) is 0.435. The Kier molecular flexibility index (Phi) is 4.39. The number of benzene rings is 1. The molecule has 0 amide bonds. The first-order valence-electron chi connectivity index (χ1n) is 12.1. The van der Waals surface area contributed by atoms with E-state index < -0.39 is 23.8 Å². The Morgan fingerprint density at radius 3 is 2.94 bits per heavy atom. The van der Waals surface area contributed by atoms with Crippen LogP contribution in [0.15, 0.2) is 41.5 Å². The molecule has 2 aliphatic rings. The molecule has 5 rings (SSSR count). The molecule has 3 heterocycles. The van der Waals surface area contributed by atoms with Gasteiger partial charge >= 0.3 is 0 Å². The highest BCUT2D eigenvalue weighted by molar-refractivity contribution is 7.77. The molecular formula is C23H27N4O3S-. The summed E-state index contributed by atoms with van der Waals surface area (Å²) in [6.07, 6.45) is 8.39. The first-order valence-corrected chi connectivity index (χ1v) is 11.7. The van der Waals surface area contributed by atoms with Crippen LogP contribution in [0.1, 0.15) is 35.4 Å². The Balaban J connectivity index is 1.66. The van der Waals surface area contributed by atoms with Crippen molar-refractivity contribution in [2.24, 2.45) is 12.4 Å². The maximum Gasteiger partial charge on any atom is 0.274 e. The molecule has 1 aromatic carbocycles. The van der Waals surface area contributed by atoms with E-state index in [0.717, 1.165) is 40.9 Å². The summed E-state index contributed by atoms with van der Waals surface area (Å²) in [7, 11) is 0. The molecule has 3 aromatic rings. The van der Waals surface area contributed by atoms with Crippen LogP contribution in [0.25, 0.3) is 22.0 Å². The highest BCUT2D eigenvalue weighted by atomic mass is 32.2. The van der Waals surface area contributed by atoms with E-state index in [1.165, 1.54) is 25.5 Å². The zero-order valence-corrected chi connectivity index (χ0v) is 18.0. The van der Waals surface area contributed by atoms with Crippen LogP contribution in [0.5, 0.6) is 0 Å². The van der Waals surface area contributed by atoms with Crippen LogP contribution in [0.4, 0.5) is 5.69 Å². The summed E-state index contributed by atoms with van der Waals surface area (Å²) in [5.41, 5.74) is 3.50. The summed E-state index contributed by atoms with van der Waals surface area (Å²) >= 11 is -2.33. The van der Waals surface area contributed by atoms with Crippen LogP contribution in [-0.4, -0.2) is 37.9 Å². The highest BCUT2D eigenvalue weighted by Crippen LogP contribution is 2.53. The summed E-state index contributed by atoms with van der Waals surface area (Å²) in [4.78, 5) is 18.2. The first kappa shape index (κ1) is 17.2. The van der Waals surface area contributed by atoms with E-state index >= 15 is 0 Å². The molecule has 1 saturated carbocycles. The maximum absolute atomic E-state index is 12.9. The van der Waals surface area contributed by atoms with Crippen LogP contribution in [0.2, 0.25) is 0 Å². The Hall–Kier alpha value is -2.42. The standard InChI is InChI=1S/C23H28N4O3S/c1-26-14-19(17-6-10-24-21(17)22(26)28)18-13-16(5-11-25-31(29)30)3-4-20(18)27-12-2-7-23(15-27)8-9-23/h3-4,6,10,13-14,24-25H,2,5,7-9,11-12,15H2,1H3,(H,29,30)/p-1/i1D3. The van der Waals surface area contributed by atoms with Crippen LogP contribution >= 0.6 is 0 Å². The molecule has 1 atom stereocenters. The average molecular weight is 443 g/mol. The lowest BCUT2D eigenvalue weighted by Crippen LogP contribution is -2.36. The number of nitrogens with zero attached hydrogens (tertiary/aromatic N) is 2. The van der Waals surface area contributed by atoms with Gasteiger partial charge in [0.25, 0.3) is 5.56 Å². The van der Waals surface area contributed by atoms with Crippen molar-refractivity contribution in [1.29, 1.82) is 0 Å². The van der Waals surface area contributed by atoms with Gasteiger partial charge in [-0.05, 0) is 61.3 Å². The van der Waals surface area contributed by atoms with Gasteiger partial charge in [0.15, 0.2) is 0 Å². The van der Waals surface area contributed by atoms with Crippen molar-refractivity contribution in [2.75, 3.05) is 24.5 Å². The fourth-order valence-corrected chi connectivity index (χ4v) is 5.14. The quantitative estimate of drug-likeness (QED) is 0.574. The van der Waals surface area contributed by atoms with Gasteiger partial charge in [-0.25, -0.2) is 4.72 Å². The summed E-state index contributed by atoms with van der Waals surface area (Å²) in [6.45, 7) is -0.477. The van der Waals surface area contributed by atoms with Gasteiger partial charge in [-0.1, -0.05) is 6.07 Å². The molecule has 1 aliphatic heterocycles. The Labute approximate surface area is 188 Å². The minimum Gasteiger partial charge on any atom is -0.760 e. The smallest absolute Gasteiger partial charge is 0.274 e. The lowest BCUT2D eigenvalue weighted by Gasteiger charge is -2.36. The molecule has 0 radical (unpaired) electrons. The van der Waals surface area contributed by atoms with Gasteiger partial charge in [0, 0.05) is 76.6 Å². The second-order valence-corrected chi connectivity index (χ2v) is 9.50. The van der Waals surface area contributed by atoms with Gasteiger partial charge in [0.2, 0.25) is 0 Å². The first-order chi connectivity index (χ1) is 16.2. The number of pyridine rings is 1. The summed E-state index contributed by atoms with van der Waals surface area (Å²) in [5.74, 6) is 0. The molecule has 8 heteroatoms. The van der Waals surface area contributed by atoms with Crippen molar-refractivity contribution >= 4 is 27.9 Å². The zero-order valence-electron chi connectivity index (χ0n) is 20.1. The fourth-order valence-electron chi connectivity index (χ4n) is 4.87. The minimum absolute atomic E-state index is 0.255. The van der Waals surface area contributed by atoms with Gasteiger partial charge in [-0.3, -0.25) is 9.00 Å². The average Bonchev–Trinajstić information content (AvgIpc) is 3.31. The van der Waals surface area contributed by atoms with E-state index in [1.54, 1.807) is 12.3 Å². The molecule has 1 unspecified atom stereocenters. The molecule has 31 heavy (non-hydrogen) atoms. The molecule has 1 aliphatic carbocycles. The van der Waals surface area contributed by atoms with Crippen LogP contribution in [0.3, 0.4) is 0 Å². The number of aryl methyl sites for hydroxylation is 1. The predicted molar refractivity (Wildman–Crippen MR) is 123 cm³/mol. The van der Waals surface area contributed by atoms with E-state index in [4.69, 9.17) is 4.11 Å². The van der Waals surface area contributed by atoms with Crippen molar-refractivity contribution in [3.63, 3.8) is 0 Å². The van der Waals surface area contributed by atoms with Crippen LogP contribution in [0, 0.1) is 5.41 Å². The van der Waals surface area contributed by atoms with Gasteiger partial charge in [0.05, 0.1) is 0 Å². The topological polar surface area (TPSA) is 93.2 Å². The van der Waals surface area contributed by atoms with Gasteiger partial charge in [-0.15, -0.1) is 0 Å². The molecule has 2 fully saturated rings. The SMILES string of the molecule is [2H]C([2H])([2H])n1cc(-c2cc(CCNS(=O)[O-])ccc2N2CCCC3(CC3)C2)c2cc[nH]c2c1=O. The van der Waals surface area contributed by atoms with Crippen molar-refractivity contribution in [3.8, 4) is 11.1 Å².